The topological polar surface area (TPSA) is 14.2 Å². The van der Waals surface area contributed by atoms with Gasteiger partial charge in [0.15, 0.2) is 0 Å². The second-order valence-corrected chi connectivity index (χ2v) is 12.1. The van der Waals surface area contributed by atoms with Crippen LogP contribution in [0.2, 0.25) is 0 Å². The molecule has 1 aliphatic rings. The van der Waals surface area contributed by atoms with Crippen molar-refractivity contribution in [3.8, 4) is 50.6 Å². The van der Waals surface area contributed by atoms with Gasteiger partial charge >= 0.3 is 0 Å². The van der Waals surface area contributed by atoms with Crippen LogP contribution in [-0.2, 0) is 0 Å². The molecule has 2 heteroatoms. The zero-order valence-electron chi connectivity index (χ0n) is 24.9. The molecule has 0 bridgehead atoms. The average Bonchev–Trinajstić information content (AvgIpc) is 3.44. The van der Waals surface area contributed by atoms with E-state index in [9.17, 15) is 0 Å². The number of aromatic nitrogens is 1. The molecule has 0 atom stereocenters. The van der Waals surface area contributed by atoms with Crippen molar-refractivity contribution < 1.29 is 4.74 Å². The van der Waals surface area contributed by atoms with Crippen LogP contribution < -0.4 is 4.74 Å². The summed E-state index contributed by atoms with van der Waals surface area (Å²) in [5, 5.41) is 7.42. The Kier molecular flexibility index (Phi) is 5.31. The van der Waals surface area contributed by atoms with E-state index in [0.717, 1.165) is 17.1 Å². The van der Waals surface area contributed by atoms with Gasteiger partial charge in [-0.25, -0.2) is 0 Å². The summed E-state index contributed by atoms with van der Waals surface area (Å²) in [5.41, 5.74) is 10.8. The molecule has 0 saturated carbocycles. The van der Waals surface area contributed by atoms with E-state index < -0.39 is 0 Å². The van der Waals surface area contributed by atoms with Gasteiger partial charge in [0.05, 0.1) is 16.7 Å². The first-order valence-electron chi connectivity index (χ1n) is 15.8. The normalized spacial score (nSPS) is 12.1. The van der Waals surface area contributed by atoms with Gasteiger partial charge in [-0.2, -0.15) is 0 Å². The Morgan fingerprint density at radius 3 is 1.89 bits per heavy atom. The Balaban J connectivity index is 1.13. The van der Waals surface area contributed by atoms with Crippen molar-refractivity contribution in [2.24, 2.45) is 0 Å². The van der Waals surface area contributed by atoms with Crippen molar-refractivity contribution in [2.45, 2.75) is 0 Å². The predicted molar refractivity (Wildman–Crippen MR) is 192 cm³/mol. The van der Waals surface area contributed by atoms with Crippen molar-refractivity contribution in [1.29, 1.82) is 0 Å². The number of para-hydroxylation sites is 3. The molecule has 2 heterocycles. The van der Waals surface area contributed by atoms with Crippen LogP contribution in [-0.4, -0.2) is 4.57 Å². The van der Waals surface area contributed by atoms with Crippen LogP contribution >= 0.6 is 0 Å². The van der Waals surface area contributed by atoms with Crippen LogP contribution in [0.15, 0.2) is 164 Å². The molecule has 0 radical (unpaired) electrons. The molecule has 0 N–H and O–H groups in total. The second kappa shape index (κ2) is 9.69. The van der Waals surface area contributed by atoms with Gasteiger partial charge in [0.1, 0.15) is 11.5 Å². The highest BCUT2D eigenvalue weighted by atomic mass is 16.5. The molecule has 0 saturated heterocycles. The monoisotopic (exact) mass is 585 g/mol. The molecule has 0 aliphatic carbocycles. The average molecular weight is 586 g/mol. The first kappa shape index (κ1) is 25.2. The van der Waals surface area contributed by atoms with E-state index in [1.165, 1.54) is 76.9 Å². The largest absolute Gasteiger partial charge is 0.456 e. The number of fused-ring (bicyclic) bond motifs is 6. The molecule has 0 fully saturated rings. The summed E-state index contributed by atoms with van der Waals surface area (Å²) in [6.45, 7) is 0. The van der Waals surface area contributed by atoms with Gasteiger partial charge in [-0.1, -0.05) is 127 Å². The molecule has 0 amide bonds. The van der Waals surface area contributed by atoms with Gasteiger partial charge in [0.2, 0.25) is 0 Å². The second-order valence-electron chi connectivity index (χ2n) is 12.1. The Bertz CT molecular complexity index is 2660. The molecule has 2 nitrogen and oxygen atoms in total. The third-order valence-electron chi connectivity index (χ3n) is 9.59. The Labute approximate surface area is 266 Å². The fourth-order valence-corrected chi connectivity index (χ4v) is 7.49. The molecule has 8 aromatic carbocycles. The number of benzene rings is 8. The zero-order valence-corrected chi connectivity index (χ0v) is 24.9. The third kappa shape index (κ3) is 3.65. The first-order valence-corrected chi connectivity index (χ1v) is 15.8. The maximum absolute atomic E-state index is 6.35. The molecular weight excluding hydrogens is 558 g/mol. The minimum absolute atomic E-state index is 0.912. The van der Waals surface area contributed by atoms with E-state index in [1.54, 1.807) is 0 Å². The molecule has 1 aliphatic heterocycles. The molecule has 0 spiro atoms. The smallest absolute Gasteiger partial charge is 0.135 e. The zero-order chi connectivity index (χ0) is 30.2. The van der Waals surface area contributed by atoms with Crippen molar-refractivity contribution >= 4 is 43.4 Å². The van der Waals surface area contributed by atoms with E-state index >= 15 is 0 Å². The summed E-state index contributed by atoms with van der Waals surface area (Å²) >= 11 is 0. The maximum atomic E-state index is 6.35. The minimum atomic E-state index is 0.912. The van der Waals surface area contributed by atoms with E-state index in [4.69, 9.17) is 4.74 Å². The summed E-state index contributed by atoms with van der Waals surface area (Å²) in [4.78, 5) is 0. The fraction of sp³-hybridized carbons (Fsp3) is 0. The van der Waals surface area contributed by atoms with Gasteiger partial charge in [0, 0.05) is 27.3 Å². The van der Waals surface area contributed by atoms with Gasteiger partial charge in [-0.15, -0.1) is 0 Å². The molecule has 1 aromatic heterocycles. The molecule has 46 heavy (non-hydrogen) atoms. The van der Waals surface area contributed by atoms with Gasteiger partial charge in [-0.3, -0.25) is 0 Å². The third-order valence-corrected chi connectivity index (χ3v) is 9.59. The van der Waals surface area contributed by atoms with Gasteiger partial charge < -0.3 is 9.30 Å². The van der Waals surface area contributed by atoms with Crippen molar-refractivity contribution in [3.05, 3.63) is 164 Å². The standard InChI is InChI=1S/C44H27NO/c1-2-11-31-27-41-38(26-30(31)10-1)34-13-4-7-18-40(34)45(41)39-17-6-3-12-33(39)29-22-20-28(21-23-29)32-24-25-43-44-36(32)15-9-16-37(44)35-14-5-8-19-42(35)46-43/h1-27H. The van der Waals surface area contributed by atoms with Crippen LogP contribution in [0.3, 0.4) is 0 Å². The van der Waals surface area contributed by atoms with E-state index in [2.05, 4.69) is 156 Å². The van der Waals surface area contributed by atoms with Gasteiger partial charge in [0.25, 0.3) is 0 Å². The highest BCUT2D eigenvalue weighted by molar-refractivity contribution is 6.14. The Morgan fingerprint density at radius 1 is 0.370 bits per heavy atom. The van der Waals surface area contributed by atoms with Crippen LogP contribution in [0.4, 0.5) is 0 Å². The van der Waals surface area contributed by atoms with E-state index in [1.807, 2.05) is 12.1 Å². The lowest BCUT2D eigenvalue weighted by Crippen LogP contribution is -1.98. The van der Waals surface area contributed by atoms with Crippen LogP contribution in [0, 0.1) is 0 Å². The number of hydrogen-bond acceptors (Lipinski definition) is 1. The molecule has 9 aromatic rings. The van der Waals surface area contributed by atoms with Crippen molar-refractivity contribution in [2.75, 3.05) is 0 Å². The summed E-state index contributed by atoms with van der Waals surface area (Å²) in [5.74, 6) is 1.83. The van der Waals surface area contributed by atoms with Crippen LogP contribution in [0.25, 0.3) is 82.4 Å². The summed E-state index contributed by atoms with van der Waals surface area (Å²) in [6, 6.07) is 59.1. The molecule has 0 unspecified atom stereocenters. The number of rotatable bonds is 3. The van der Waals surface area contributed by atoms with E-state index in [-0.39, 0.29) is 0 Å². The van der Waals surface area contributed by atoms with Crippen LogP contribution in [0.1, 0.15) is 0 Å². The van der Waals surface area contributed by atoms with Crippen LogP contribution in [0.5, 0.6) is 11.5 Å². The fourth-order valence-electron chi connectivity index (χ4n) is 7.49. The highest BCUT2D eigenvalue weighted by Crippen LogP contribution is 2.48. The molecule has 214 valence electrons. The Morgan fingerprint density at radius 2 is 1.02 bits per heavy atom. The van der Waals surface area contributed by atoms with Gasteiger partial charge in [-0.05, 0) is 74.8 Å². The lowest BCUT2D eigenvalue weighted by Gasteiger charge is -2.22. The lowest BCUT2D eigenvalue weighted by molar-refractivity contribution is 0.487. The molecular formula is C44H27NO. The highest BCUT2D eigenvalue weighted by Gasteiger charge is 2.21. The van der Waals surface area contributed by atoms with Crippen molar-refractivity contribution in [3.63, 3.8) is 0 Å². The maximum Gasteiger partial charge on any atom is 0.135 e. The number of nitrogens with zero attached hydrogens (tertiary/aromatic N) is 1. The van der Waals surface area contributed by atoms with Crippen molar-refractivity contribution in [1.82, 2.24) is 4.57 Å². The number of hydrogen-bond donors (Lipinski definition) is 0. The quantitative estimate of drug-likeness (QED) is 0.201. The first-order chi connectivity index (χ1) is 22.8. The summed E-state index contributed by atoms with van der Waals surface area (Å²) in [7, 11) is 0. The minimum Gasteiger partial charge on any atom is -0.456 e. The summed E-state index contributed by atoms with van der Waals surface area (Å²) in [6.07, 6.45) is 0. The SMILES string of the molecule is c1ccc2c(c1)Oc1ccc(-c3ccc(-c4ccccc4-n4c5ccccc5c5cc6ccccc6cc54)cc3)c3cccc-2c13. The number of ether oxygens (including phenoxy) is 1. The van der Waals surface area contributed by atoms with E-state index in [0.29, 0.717) is 0 Å². The summed E-state index contributed by atoms with van der Waals surface area (Å²) < 4.78 is 8.78. The molecule has 10 rings (SSSR count). The predicted octanol–water partition coefficient (Wildman–Crippen LogP) is 12.2. The lowest BCUT2D eigenvalue weighted by atomic mass is 9.90. The Hall–Kier alpha value is -6.12.